The van der Waals surface area contributed by atoms with E-state index < -0.39 is 0 Å². The van der Waals surface area contributed by atoms with Crippen LogP contribution in [0, 0.1) is 19.7 Å². The van der Waals surface area contributed by atoms with Crippen molar-refractivity contribution in [3.63, 3.8) is 0 Å². The number of nitrogens with one attached hydrogen (secondary N) is 2. The van der Waals surface area contributed by atoms with Gasteiger partial charge in [-0.15, -0.1) is 0 Å². The topological polar surface area (TPSA) is 59.0 Å². The molecule has 0 aliphatic rings. The molecule has 0 aliphatic heterocycles. The van der Waals surface area contributed by atoms with Gasteiger partial charge in [0.1, 0.15) is 5.82 Å². The molecule has 136 valence electrons. The third-order valence-corrected chi connectivity index (χ3v) is 4.41. The van der Waals surface area contributed by atoms with Crippen molar-refractivity contribution in [2.24, 2.45) is 7.05 Å². The predicted octanol–water partition coefficient (Wildman–Crippen LogP) is 3.04. The van der Waals surface area contributed by atoms with Gasteiger partial charge in [0.25, 0.3) is 0 Å². The molecule has 1 heterocycles. The number of halogens is 1. The fraction of sp³-hybridized carbons (Fsp3) is 0.474. The maximum Gasteiger partial charge on any atom is 0.315 e. The standard InChI is InChI=1S/C19H27FN4O/c1-12(10-16-8-6-7-9-18(16)20)21-19(25)22-13(2)11-17-14(3)23-24(5)15(17)4/h6-9,12-13H,10-11H2,1-5H3,(H2,21,22,25). The smallest absolute Gasteiger partial charge is 0.315 e. The summed E-state index contributed by atoms with van der Waals surface area (Å²) in [5.41, 5.74) is 3.86. The Bertz CT molecular complexity index is 741. The molecule has 2 unspecified atom stereocenters. The summed E-state index contributed by atoms with van der Waals surface area (Å²) in [6.45, 7) is 7.84. The number of aryl methyl sites for hydroxylation is 2. The molecule has 0 saturated heterocycles. The summed E-state index contributed by atoms with van der Waals surface area (Å²) in [7, 11) is 1.92. The van der Waals surface area contributed by atoms with E-state index in [-0.39, 0.29) is 23.9 Å². The van der Waals surface area contributed by atoms with Crippen LogP contribution in [0.1, 0.15) is 36.4 Å². The molecule has 25 heavy (non-hydrogen) atoms. The molecule has 2 aromatic rings. The molecule has 2 amide bonds. The Morgan fingerprint density at radius 2 is 1.76 bits per heavy atom. The van der Waals surface area contributed by atoms with E-state index in [1.165, 1.54) is 6.07 Å². The zero-order valence-electron chi connectivity index (χ0n) is 15.6. The first-order valence-corrected chi connectivity index (χ1v) is 8.57. The van der Waals surface area contributed by atoms with Crippen molar-refractivity contribution >= 4 is 6.03 Å². The molecule has 0 saturated carbocycles. The van der Waals surface area contributed by atoms with Crippen molar-refractivity contribution < 1.29 is 9.18 Å². The number of nitrogens with zero attached hydrogens (tertiary/aromatic N) is 2. The Morgan fingerprint density at radius 1 is 1.16 bits per heavy atom. The molecule has 0 aliphatic carbocycles. The van der Waals surface area contributed by atoms with Gasteiger partial charge >= 0.3 is 6.03 Å². The Kier molecular flexibility index (Phi) is 6.17. The van der Waals surface area contributed by atoms with Crippen LogP contribution in [0.3, 0.4) is 0 Å². The Hall–Kier alpha value is -2.37. The summed E-state index contributed by atoms with van der Waals surface area (Å²) in [5.74, 6) is -0.243. The van der Waals surface area contributed by atoms with E-state index in [0.29, 0.717) is 12.0 Å². The zero-order valence-corrected chi connectivity index (χ0v) is 15.6. The van der Waals surface area contributed by atoms with Crippen molar-refractivity contribution in [2.45, 2.75) is 52.6 Å². The van der Waals surface area contributed by atoms with Crippen molar-refractivity contribution in [2.75, 3.05) is 0 Å². The van der Waals surface area contributed by atoms with E-state index in [4.69, 9.17) is 0 Å². The maximum atomic E-state index is 13.7. The van der Waals surface area contributed by atoms with E-state index in [1.54, 1.807) is 18.2 Å². The van der Waals surface area contributed by atoms with Gasteiger partial charge in [0.05, 0.1) is 5.69 Å². The van der Waals surface area contributed by atoms with E-state index in [9.17, 15) is 9.18 Å². The molecule has 2 N–H and O–H groups in total. The number of hydrogen-bond acceptors (Lipinski definition) is 2. The van der Waals surface area contributed by atoms with Gasteiger partial charge in [-0.2, -0.15) is 5.10 Å². The van der Waals surface area contributed by atoms with Gasteiger partial charge in [0, 0.05) is 24.8 Å². The monoisotopic (exact) mass is 346 g/mol. The third-order valence-electron chi connectivity index (χ3n) is 4.41. The van der Waals surface area contributed by atoms with Gasteiger partial charge in [-0.05, 0) is 57.7 Å². The van der Waals surface area contributed by atoms with Crippen molar-refractivity contribution in [3.05, 3.63) is 52.6 Å². The van der Waals surface area contributed by atoms with Crippen molar-refractivity contribution in [1.82, 2.24) is 20.4 Å². The first-order chi connectivity index (χ1) is 11.8. The second-order valence-corrected chi connectivity index (χ2v) is 6.69. The number of carbonyl (C=O) groups is 1. The average Bonchev–Trinajstić information content (AvgIpc) is 2.75. The second kappa shape index (κ2) is 8.14. The predicted molar refractivity (Wildman–Crippen MR) is 97.1 cm³/mol. The maximum absolute atomic E-state index is 13.7. The van der Waals surface area contributed by atoms with Gasteiger partial charge in [-0.3, -0.25) is 4.68 Å². The number of carbonyl (C=O) groups excluding carboxylic acids is 1. The van der Waals surface area contributed by atoms with Gasteiger partial charge in [-0.25, -0.2) is 9.18 Å². The summed E-state index contributed by atoms with van der Waals surface area (Å²) in [4.78, 5) is 12.2. The molecule has 1 aromatic carbocycles. The van der Waals surface area contributed by atoms with Crippen LogP contribution in [-0.2, 0) is 19.9 Å². The van der Waals surface area contributed by atoms with E-state index in [0.717, 1.165) is 23.4 Å². The minimum absolute atomic E-state index is 0.0257. The van der Waals surface area contributed by atoms with Crippen molar-refractivity contribution in [3.8, 4) is 0 Å². The lowest BCUT2D eigenvalue weighted by molar-refractivity contribution is 0.234. The summed E-state index contributed by atoms with van der Waals surface area (Å²) < 4.78 is 15.5. The first kappa shape index (κ1) is 19.0. The molecule has 0 bridgehead atoms. The van der Waals surface area contributed by atoms with E-state index in [2.05, 4.69) is 15.7 Å². The molecule has 2 atom stereocenters. The van der Waals surface area contributed by atoms with Crippen LogP contribution in [-0.4, -0.2) is 27.9 Å². The highest BCUT2D eigenvalue weighted by molar-refractivity contribution is 5.74. The quantitative estimate of drug-likeness (QED) is 0.845. The normalized spacial score (nSPS) is 13.4. The zero-order chi connectivity index (χ0) is 18.6. The van der Waals surface area contributed by atoms with Crippen molar-refractivity contribution in [1.29, 1.82) is 0 Å². The fourth-order valence-electron chi connectivity index (χ4n) is 3.00. The number of hydrogen-bond donors (Lipinski definition) is 2. The summed E-state index contributed by atoms with van der Waals surface area (Å²) >= 11 is 0. The lowest BCUT2D eigenvalue weighted by atomic mass is 10.1. The van der Waals surface area contributed by atoms with Crippen LogP contribution in [0.15, 0.2) is 24.3 Å². The molecular weight excluding hydrogens is 319 g/mol. The van der Waals surface area contributed by atoms with Crippen LogP contribution in [0.5, 0.6) is 0 Å². The highest BCUT2D eigenvalue weighted by Gasteiger charge is 2.16. The molecule has 1 aromatic heterocycles. The fourth-order valence-corrected chi connectivity index (χ4v) is 3.00. The molecule has 0 fully saturated rings. The number of aromatic nitrogens is 2. The first-order valence-electron chi connectivity index (χ1n) is 8.57. The van der Waals surface area contributed by atoms with E-state index in [1.807, 2.05) is 39.4 Å². The molecule has 0 spiro atoms. The van der Waals surface area contributed by atoms with Crippen LogP contribution in [0.25, 0.3) is 0 Å². The Labute approximate surface area is 148 Å². The minimum atomic E-state index is -0.243. The number of urea groups is 1. The van der Waals surface area contributed by atoms with Crippen LogP contribution < -0.4 is 10.6 Å². The summed E-state index contributed by atoms with van der Waals surface area (Å²) in [5, 5.41) is 10.2. The Balaban J connectivity index is 1.86. The van der Waals surface area contributed by atoms with Crippen LogP contribution >= 0.6 is 0 Å². The lowest BCUT2D eigenvalue weighted by Crippen LogP contribution is -2.45. The van der Waals surface area contributed by atoms with Crippen LogP contribution in [0.2, 0.25) is 0 Å². The summed E-state index contributed by atoms with van der Waals surface area (Å²) in [6, 6.07) is 6.20. The van der Waals surface area contributed by atoms with Gasteiger partial charge < -0.3 is 10.6 Å². The highest BCUT2D eigenvalue weighted by atomic mass is 19.1. The number of rotatable bonds is 6. The van der Waals surface area contributed by atoms with Crippen LogP contribution in [0.4, 0.5) is 9.18 Å². The second-order valence-electron chi connectivity index (χ2n) is 6.69. The summed E-state index contributed by atoms with van der Waals surface area (Å²) in [6.07, 6.45) is 1.18. The molecule has 6 heteroatoms. The lowest BCUT2D eigenvalue weighted by Gasteiger charge is -2.19. The molecular formula is C19H27FN4O. The average molecular weight is 346 g/mol. The molecule has 0 radical (unpaired) electrons. The van der Waals surface area contributed by atoms with E-state index >= 15 is 0 Å². The molecule has 2 rings (SSSR count). The number of amides is 2. The Morgan fingerprint density at radius 3 is 2.32 bits per heavy atom. The minimum Gasteiger partial charge on any atom is -0.335 e. The number of benzene rings is 1. The third kappa shape index (κ3) is 5.05. The van der Waals surface area contributed by atoms with Gasteiger partial charge in [0.15, 0.2) is 0 Å². The SMILES string of the molecule is Cc1nn(C)c(C)c1CC(C)NC(=O)NC(C)Cc1ccccc1F. The highest BCUT2D eigenvalue weighted by Crippen LogP contribution is 2.14. The van der Waals surface area contributed by atoms with Gasteiger partial charge in [0.2, 0.25) is 0 Å². The van der Waals surface area contributed by atoms with Gasteiger partial charge in [-0.1, -0.05) is 18.2 Å². The largest absolute Gasteiger partial charge is 0.335 e. The molecule has 5 nitrogen and oxygen atoms in total.